The molecule has 2 aromatic rings. The van der Waals surface area contributed by atoms with Gasteiger partial charge in [-0.05, 0) is 47.0 Å². The maximum absolute atomic E-state index is 5.78. The van der Waals surface area contributed by atoms with Crippen molar-refractivity contribution in [2.75, 3.05) is 6.61 Å². The van der Waals surface area contributed by atoms with Crippen LogP contribution in [-0.2, 0) is 12.8 Å². The molecule has 0 spiro atoms. The van der Waals surface area contributed by atoms with E-state index in [-0.39, 0.29) is 0 Å². The van der Waals surface area contributed by atoms with Crippen LogP contribution >= 0.6 is 0 Å². The van der Waals surface area contributed by atoms with Gasteiger partial charge in [0.2, 0.25) is 0 Å². The van der Waals surface area contributed by atoms with E-state index in [1.54, 1.807) is 0 Å². The highest BCUT2D eigenvalue weighted by molar-refractivity contribution is 5.47. The van der Waals surface area contributed by atoms with Crippen LogP contribution in [-0.4, -0.2) is 26.8 Å². The number of aryl methyl sites for hydroxylation is 2. The number of hydrogen-bond donors (Lipinski definition) is 0. The van der Waals surface area contributed by atoms with Crippen LogP contribution in [0.1, 0.15) is 37.6 Å². The first-order valence-electron chi connectivity index (χ1n) is 6.92. The lowest BCUT2D eigenvalue weighted by atomic mass is 10.0. The summed E-state index contributed by atoms with van der Waals surface area (Å²) in [6.07, 6.45) is 5.42. The summed E-state index contributed by atoms with van der Waals surface area (Å²) in [4.78, 5) is 0. The fraction of sp³-hybridized carbons (Fsp3) is 0.500. The number of unbranched alkanes of at least 4 members (excludes halogenated alkanes) is 2. The zero-order valence-corrected chi connectivity index (χ0v) is 11.2. The molecule has 0 atom stereocenters. The summed E-state index contributed by atoms with van der Waals surface area (Å²) in [6.45, 7) is 2.99. The SMILES string of the molecule is CCCCCOc1ccc2c(c1)CCc1nnnn1-2. The Bertz CT molecular complexity index is 564. The van der Waals surface area contributed by atoms with E-state index >= 15 is 0 Å². The molecule has 0 fully saturated rings. The molecule has 0 aliphatic carbocycles. The first kappa shape index (κ1) is 12.1. The number of ether oxygens (including phenoxy) is 1. The molecule has 0 unspecified atom stereocenters. The highest BCUT2D eigenvalue weighted by Crippen LogP contribution is 2.26. The van der Waals surface area contributed by atoms with Gasteiger partial charge in [-0.25, -0.2) is 0 Å². The molecular formula is C14H18N4O. The lowest BCUT2D eigenvalue weighted by Crippen LogP contribution is -2.13. The third-order valence-electron chi connectivity index (χ3n) is 3.45. The van der Waals surface area contributed by atoms with E-state index in [0.717, 1.165) is 43.1 Å². The predicted molar refractivity (Wildman–Crippen MR) is 71.6 cm³/mol. The number of hydrogen-bond acceptors (Lipinski definition) is 4. The van der Waals surface area contributed by atoms with Crippen LogP contribution in [0, 0.1) is 0 Å². The normalized spacial score (nSPS) is 12.9. The summed E-state index contributed by atoms with van der Waals surface area (Å²) in [5.74, 6) is 1.88. The van der Waals surface area contributed by atoms with Gasteiger partial charge in [-0.2, -0.15) is 4.68 Å². The first-order chi connectivity index (χ1) is 9.38. The zero-order valence-electron chi connectivity index (χ0n) is 11.2. The summed E-state index contributed by atoms with van der Waals surface area (Å²) in [5.41, 5.74) is 2.33. The molecule has 0 saturated heterocycles. The van der Waals surface area contributed by atoms with E-state index in [1.807, 2.05) is 16.8 Å². The van der Waals surface area contributed by atoms with Crippen molar-refractivity contribution in [3.8, 4) is 11.4 Å². The summed E-state index contributed by atoms with van der Waals surface area (Å²) in [6, 6.07) is 6.16. The number of rotatable bonds is 5. The van der Waals surface area contributed by atoms with Crippen molar-refractivity contribution in [1.29, 1.82) is 0 Å². The van der Waals surface area contributed by atoms with Crippen molar-refractivity contribution >= 4 is 0 Å². The van der Waals surface area contributed by atoms with E-state index in [2.05, 4.69) is 28.5 Å². The molecule has 0 N–H and O–H groups in total. The van der Waals surface area contributed by atoms with E-state index in [0.29, 0.717) is 0 Å². The third kappa shape index (κ3) is 2.45. The standard InChI is InChI=1S/C14H18N4O/c1-2-3-4-9-19-12-6-7-13-11(10-12)5-8-14-15-16-17-18(13)14/h6-7,10H,2-5,8-9H2,1H3. The summed E-state index contributed by atoms with van der Waals surface area (Å²) >= 11 is 0. The highest BCUT2D eigenvalue weighted by atomic mass is 16.5. The highest BCUT2D eigenvalue weighted by Gasteiger charge is 2.18. The molecule has 3 rings (SSSR count). The molecule has 1 aliphatic rings. The van der Waals surface area contributed by atoms with Crippen molar-refractivity contribution in [3.05, 3.63) is 29.6 Å². The number of nitrogens with zero attached hydrogens (tertiary/aromatic N) is 4. The second-order valence-corrected chi connectivity index (χ2v) is 4.85. The van der Waals surface area contributed by atoms with Gasteiger partial charge in [-0.3, -0.25) is 0 Å². The van der Waals surface area contributed by atoms with E-state index in [9.17, 15) is 0 Å². The fourth-order valence-electron chi connectivity index (χ4n) is 2.40. The summed E-state index contributed by atoms with van der Waals surface area (Å²) in [5, 5.41) is 11.8. The molecular weight excluding hydrogens is 240 g/mol. The van der Waals surface area contributed by atoms with Crippen LogP contribution in [0.15, 0.2) is 18.2 Å². The van der Waals surface area contributed by atoms with Crippen LogP contribution in [0.5, 0.6) is 5.75 Å². The molecule has 1 aromatic carbocycles. The third-order valence-corrected chi connectivity index (χ3v) is 3.45. The lowest BCUT2D eigenvalue weighted by Gasteiger charge is -2.17. The van der Waals surface area contributed by atoms with Crippen molar-refractivity contribution in [3.63, 3.8) is 0 Å². The number of fused-ring (bicyclic) bond motifs is 3. The molecule has 0 amide bonds. The van der Waals surface area contributed by atoms with Gasteiger partial charge in [-0.15, -0.1) is 5.10 Å². The Morgan fingerprint density at radius 1 is 1.26 bits per heavy atom. The number of tetrazole rings is 1. The van der Waals surface area contributed by atoms with Gasteiger partial charge >= 0.3 is 0 Å². The van der Waals surface area contributed by atoms with Gasteiger partial charge in [0.15, 0.2) is 5.82 Å². The topological polar surface area (TPSA) is 52.8 Å². The van der Waals surface area contributed by atoms with E-state index < -0.39 is 0 Å². The quantitative estimate of drug-likeness (QED) is 0.772. The molecule has 0 bridgehead atoms. The second kappa shape index (κ2) is 5.38. The Balaban J connectivity index is 1.75. The van der Waals surface area contributed by atoms with Crippen LogP contribution < -0.4 is 4.74 Å². The van der Waals surface area contributed by atoms with Crippen LogP contribution in [0.2, 0.25) is 0 Å². The molecule has 2 heterocycles. The Kier molecular flexibility index (Phi) is 3.44. The fourth-order valence-corrected chi connectivity index (χ4v) is 2.40. The Morgan fingerprint density at radius 3 is 3.11 bits per heavy atom. The van der Waals surface area contributed by atoms with Gasteiger partial charge in [0.1, 0.15) is 5.75 Å². The van der Waals surface area contributed by atoms with E-state index in [1.165, 1.54) is 18.4 Å². The second-order valence-electron chi connectivity index (χ2n) is 4.85. The Hall–Kier alpha value is -1.91. The van der Waals surface area contributed by atoms with E-state index in [4.69, 9.17) is 4.74 Å². The van der Waals surface area contributed by atoms with Gasteiger partial charge in [0.25, 0.3) is 0 Å². The summed E-state index contributed by atoms with van der Waals surface area (Å²) < 4.78 is 7.60. The van der Waals surface area contributed by atoms with Crippen molar-refractivity contribution in [2.24, 2.45) is 0 Å². The molecule has 1 aromatic heterocycles. The van der Waals surface area contributed by atoms with Gasteiger partial charge in [-0.1, -0.05) is 19.8 Å². The van der Waals surface area contributed by atoms with Gasteiger partial charge in [0.05, 0.1) is 12.3 Å². The minimum Gasteiger partial charge on any atom is -0.494 e. The largest absolute Gasteiger partial charge is 0.494 e. The number of aromatic nitrogens is 4. The van der Waals surface area contributed by atoms with Gasteiger partial charge < -0.3 is 4.74 Å². The minimum atomic E-state index is 0.794. The molecule has 1 aliphatic heterocycles. The van der Waals surface area contributed by atoms with Crippen LogP contribution in [0.25, 0.3) is 5.69 Å². The van der Waals surface area contributed by atoms with Crippen molar-refractivity contribution in [2.45, 2.75) is 39.0 Å². The zero-order chi connectivity index (χ0) is 13.1. The van der Waals surface area contributed by atoms with Crippen molar-refractivity contribution in [1.82, 2.24) is 20.2 Å². The summed E-state index contributed by atoms with van der Waals surface area (Å²) in [7, 11) is 0. The predicted octanol–water partition coefficient (Wildman–Crippen LogP) is 2.33. The molecule has 5 heteroatoms. The van der Waals surface area contributed by atoms with Crippen LogP contribution in [0.4, 0.5) is 0 Å². The maximum Gasteiger partial charge on any atom is 0.157 e. The maximum atomic E-state index is 5.78. The first-order valence-corrected chi connectivity index (χ1v) is 6.92. The minimum absolute atomic E-state index is 0.794. The average molecular weight is 258 g/mol. The van der Waals surface area contributed by atoms with Crippen LogP contribution in [0.3, 0.4) is 0 Å². The molecule has 100 valence electrons. The number of benzene rings is 1. The van der Waals surface area contributed by atoms with Gasteiger partial charge in [0, 0.05) is 6.42 Å². The smallest absolute Gasteiger partial charge is 0.157 e. The molecule has 5 nitrogen and oxygen atoms in total. The molecule has 0 radical (unpaired) electrons. The molecule has 0 saturated carbocycles. The lowest BCUT2D eigenvalue weighted by molar-refractivity contribution is 0.306. The Morgan fingerprint density at radius 2 is 2.21 bits per heavy atom. The molecule has 19 heavy (non-hydrogen) atoms. The van der Waals surface area contributed by atoms with Crippen molar-refractivity contribution < 1.29 is 4.74 Å². The Labute approximate surface area is 112 Å². The average Bonchev–Trinajstić information content (AvgIpc) is 2.92. The monoisotopic (exact) mass is 258 g/mol.